The van der Waals surface area contributed by atoms with Crippen molar-refractivity contribution in [3.63, 3.8) is 0 Å². The maximum atomic E-state index is 6.22. The van der Waals surface area contributed by atoms with Crippen molar-refractivity contribution in [1.82, 2.24) is 0 Å². The zero-order valence-corrected chi connectivity index (χ0v) is 14.0. The van der Waals surface area contributed by atoms with Crippen molar-refractivity contribution < 1.29 is 9.47 Å². The standard InChI is InChI=1S/C15H23BrO2S/c1-2-3-4-7-13(12-9-11-19-15(12)16)18-14-8-5-6-10-17-14/h9,11,13-14H,2-8,10H2,1H3. The summed E-state index contributed by atoms with van der Waals surface area (Å²) in [5.74, 6) is 0. The molecule has 0 spiro atoms. The molecule has 4 heteroatoms. The van der Waals surface area contributed by atoms with Crippen molar-refractivity contribution >= 4 is 27.3 Å². The van der Waals surface area contributed by atoms with Gasteiger partial charge in [0.1, 0.15) is 0 Å². The van der Waals surface area contributed by atoms with Crippen LogP contribution < -0.4 is 0 Å². The van der Waals surface area contributed by atoms with Gasteiger partial charge in [-0.05, 0) is 53.1 Å². The molecule has 1 aliphatic heterocycles. The fourth-order valence-electron chi connectivity index (χ4n) is 2.41. The third kappa shape index (κ3) is 4.85. The third-order valence-electron chi connectivity index (χ3n) is 3.52. The molecule has 1 aliphatic rings. The Morgan fingerprint density at radius 3 is 3.00 bits per heavy atom. The molecule has 0 amide bonds. The largest absolute Gasteiger partial charge is 0.353 e. The topological polar surface area (TPSA) is 18.5 Å². The van der Waals surface area contributed by atoms with E-state index in [-0.39, 0.29) is 12.4 Å². The number of thiophene rings is 1. The van der Waals surface area contributed by atoms with Gasteiger partial charge in [0.25, 0.3) is 0 Å². The number of hydrogen-bond acceptors (Lipinski definition) is 3. The molecule has 1 saturated heterocycles. The Morgan fingerprint density at radius 1 is 1.47 bits per heavy atom. The van der Waals surface area contributed by atoms with E-state index >= 15 is 0 Å². The normalized spacial score (nSPS) is 21.5. The van der Waals surface area contributed by atoms with Gasteiger partial charge in [0, 0.05) is 12.2 Å². The minimum atomic E-state index is -0.00724. The summed E-state index contributed by atoms with van der Waals surface area (Å²) in [4.78, 5) is 0. The smallest absolute Gasteiger partial charge is 0.158 e. The maximum absolute atomic E-state index is 6.22. The van der Waals surface area contributed by atoms with Crippen LogP contribution in [0.2, 0.25) is 0 Å². The fraction of sp³-hybridized carbons (Fsp3) is 0.733. The molecule has 1 aromatic heterocycles. The Bertz CT molecular complexity index is 361. The lowest BCUT2D eigenvalue weighted by molar-refractivity contribution is -0.191. The molecule has 1 fully saturated rings. The fourth-order valence-corrected chi connectivity index (χ4v) is 3.79. The van der Waals surface area contributed by atoms with E-state index in [0.717, 1.165) is 19.4 Å². The van der Waals surface area contributed by atoms with Gasteiger partial charge in [-0.2, -0.15) is 0 Å². The zero-order valence-electron chi connectivity index (χ0n) is 11.6. The van der Waals surface area contributed by atoms with Gasteiger partial charge in [0.05, 0.1) is 9.89 Å². The van der Waals surface area contributed by atoms with Gasteiger partial charge in [-0.3, -0.25) is 0 Å². The van der Waals surface area contributed by atoms with Crippen LogP contribution in [0.4, 0.5) is 0 Å². The van der Waals surface area contributed by atoms with Crippen LogP contribution in [-0.4, -0.2) is 12.9 Å². The highest BCUT2D eigenvalue weighted by molar-refractivity contribution is 9.11. The quantitative estimate of drug-likeness (QED) is 0.591. The zero-order chi connectivity index (χ0) is 13.5. The van der Waals surface area contributed by atoms with Crippen molar-refractivity contribution in [3.8, 4) is 0 Å². The monoisotopic (exact) mass is 346 g/mol. The minimum absolute atomic E-state index is 0.00724. The van der Waals surface area contributed by atoms with E-state index in [4.69, 9.17) is 9.47 Å². The summed E-state index contributed by atoms with van der Waals surface area (Å²) in [6, 6.07) is 2.17. The highest BCUT2D eigenvalue weighted by atomic mass is 79.9. The summed E-state index contributed by atoms with van der Waals surface area (Å²) >= 11 is 5.37. The molecule has 2 atom stereocenters. The van der Waals surface area contributed by atoms with Crippen molar-refractivity contribution in [2.45, 2.75) is 64.3 Å². The number of unbranched alkanes of at least 4 members (excludes halogenated alkanes) is 2. The Hall–Kier alpha value is 0.100. The van der Waals surface area contributed by atoms with E-state index in [1.54, 1.807) is 11.3 Å². The van der Waals surface area contributed by atoms with Gasteiger partial charge in [-0.1, -0.05) is 26.2 Å². The van der Waals surface area contributed by atoms with E-state index in [1.165, 1.54) is 41.5 Å². The molecule has 0 N–H and O–H groups in total. The molecule has 2 rings (SSSR count). The van der Waals surface area contributed by atoms with Gasteiger partial charge in [-0.15, -0.1) is 11.3 Å². The molecule has 2 unspecified atom stereocenters. The van der Waals surface area contributed by atoms with Crippen LogP contribution >= 0.6 is 27.3 Å². The number of ether oxygens (including phenoxy) is 2. The molecule has 2 nitrogen and oxygen atoms in total. The maximum Gasteiger partial charge on any atom is 0.158 e. The molecule has 0 aliphatic carbocycles. The van der Waals surface area contributed by atoms with Crippen LogP contribution in [0.15, 0.2) is 15.2 Å². The van der Waals surface area contributed by atoms with E-state index in [2.05, 4.69) is 34.3 Å². The summed E-state index contributed by atoms with van der Waals surface area (Å²) in [6.07, 6.45) is 8.41. The van der Waals surface area contributed by atoms with Gasteiger partial charge in [0.2, 0.25) is 0 Å². The molecule has 0 bridgehead atoms. The lowest BCUT2D eigenvalue weighted by Gasteiger charge is -2.28. The Kier molecular flexibility index (Phi) is 6.85. The Balaban J connectivity index is 1.95. The number of rotatable bonds is 7. The first-order valence-electron chi connectivity index (χ1n) is 7.31. The second kappa shape index (κ2) is 8.40. The van der Waals surface area contributed by atoms with Crippen LogP contribution in [0.25, 0.3) is 0 Å². The summed E-state index contributed by atoms with van der Waals surface area (Å²) in [5.41, 5.74) is 1.29. The Morgan fingerprint density at radius 2 is 2.37 bits per heavy atom. The second-order valence-electron chi connectivity index (χ2n) is 5.07. The predicted octanol–water partition coefficient (Wildman–Crippen LogP) is 5.68. The van der Waals surface area contributed by atoms with Crippen LogP contribution in [0, 0.1) is 0 Å². The lowest BCUT2D eigenvalue weighted by atomic mass is 10.1. The molecule has 1 aromatic rings. The summed E-state index contributed by atoms with van der Waals surface area (Å²) in [6.45, 7) is 3.08. The molecule has 0 saturated carbocycles. The molecule has 0 radical (unpaired) electrons. The molecule has 19 heavy (non-hydrogen) atoms. The van der Waals surface area contributed by atoms with Crippen LogP contribution in [0.5, 0.6) is 0 Å². The third-order valence-corrected chi connectivity index (χ3v) is 5.25. The van der Waals surface area contributed by atoms with E-state index < -0.39 is 0 Å². The summed E-state index contributed by atoms with van der Waals surface area (Å²) in [7, 11) is 0. The molecule has 0 aromatic carbocycles. The van der Waals surface area contributed by atoms with Gasteiger partial charge < -0.3 is 9.47 Å². The molecular weight excluding hydrogens is 324 g/mol. The van der Waals surface area contributed by atoms with Crippen molar-refractivity contribution in [1.29, 1.82) is 0 Å². The van der Waals surface area contributed by atoms with Crippen molar-refractivity contribution in [3.05, 3.63) is 20.8 Å². The number of halogens is 1. The van der Waals surface area contributed by atoms with E-state index in [1.807, 2.05) is 0 Å². The van der Waals surface area contributed by atoms with Crippen LogP contribution in [-0.2, 0) is 9.47 Å². The molecule has 2 heterocycles. The average Bonchev–Trinajstić information content (AvgIpc) is 2.85. The number of hydrogen-bond donors (Lipinski definition) is 0. The van der Waals surface area contributed by atoms with Crippen LogP contribution in [0.3, 0.4) is 0 Å². The summed E-state index contributed by atoms with van der Waals surface area (Å²) in [5, 5.41) is 2.12. The minimum Gasteiger partial charge on any atom is -0.353 e. The Labute approximate surface area is 128 Å². The molecular formula is C15H23BrO2S. The first-order valence-corrected chi connectivity index (χ1v) is 8.98. The predicted molar refractivity (Wildman–Crippen MR) is 83.6 cm³/mol. The lowest BCUT2D eigenvalue weighted by Crippen LogP contribution is -2.24. The van der Waals surface area contributed by atoms with Gasteiger partial charge in [-0.25, -0.2) is 0 Å². The summed E-state index contributed by atoms with van der Waals surface area (Å²) < 4.78 is 13.1. The van der Waals surface area contributed by atoms with E-state index in [0.29, 0.717) is 0 Å². The van der Waals surface area contributed by atoms with Gasteiger partial charge in [0.15, 0.2) is 6.29 Å². The first-order chi connectivity index (χ1) is 9.31. The van der Waals surface area contributed by atoms with E-state index in [9.17, 15) is 0 Å². The highest BCUT2D eigenvalue weighted by Crippen LogP contribution is 2.35. The van der Waals surface area contributed by atoms with Gasteiger partial charge >= 0.3 is 0 Å². The molecule has 108 valence electrons. The van der Waals surface area contributed by atoms with Crippen molar-refractivity contribution in [2.24, 2.45) is 0 Å². The first kappa shape index (κ1) is 15.5. The SMILES string of the molecule is CCCCCC(OC1CCCCO1)c1ccsc1Br. The highest BCUT2D eigenvalue weighted by Gasteiger charge is 2.22. The van der Waals surface area contributed by atoms with Crippen LogP contribution in [0.1, 0.15) is 63.5 Å². The van der Waals surface area contributed by atoms with Crippen molar-refractivity contribution in [2.75, 3.05) is 6.61 Å². The average molecular weight is 347 g/mol. The second-order valence-corrected chi connectivity index (χ2v) is 7.30.